The van der Waals surface area contributed by atoms with Crippen molar-refractivity contribution < 1.29 is 19.2 Å². The fraction of sp³-hybridized carbons (Fsp3) is 0.143. The fourth-order valence-corrected chi connectivity index (χ4v) is 1.99. The average Bonchev–Trinajstić information content (AvgIpc) is 2.38. The predicted octanol–water partition coefficient (Wildman–Crippen LogP) is 1.49. The van der Waals surface area contributed by atoms with E-state index in [-0.39, 0.29) is 5.82 Å². The molecule has 98 valence electrons. The van der Waals surface area contributed by atoms with Crippen molar-refractivity contribution in [3.05, 3.63) is 47.8 Å². The first kappa shape index (κ1) is 13.6. The smallest absolute Gasteiger partial charge is 0.488 e. The number of ether oxygens (including phenoxy) is 1. The van der Waals surface area contributed by atoms with Crippen LogP contribution in [0.2, 0.25) is 0 Å². The zero-order valence-corrected chi connectivity index (χ0v) is 10.7. The maximum atomic E-state index is 13.8. The van der Waals surface area contributed by atoms with Gasteiger partial charge in [-0.2, -0.15) is 0 Å². The second-order valence-electron chi connectivity index (χ2n) is 4.29. The van der Waals surface area contributed by atoms with Crippen molar-refractivity contribution in [2.75, 3.05) is 7.11 Å². The molecule has 0 atom stereocenters. The van der Waals surface area contributed by atoms with E-state index in [1.165, 1.54) is 13.2 Å². The molecular weight excluding hydrogens is 246 g/mol. The lowest BCUT2D eigenvalue weighted by Crippen LogP contribution is -2.31. The molecule has 0 aliphatic heterocycles. The Morgan fingerprint density at radius 3 is 2.42 bits per heavy atom. The van der Waals surface area contributed by atoms with Gasteiger partial charge in [0.25, 0.3) is 0 Å². The molecule has 2 N–H and O–H groups in total. The lowest BCUT2D eigenvalue weighted by Gasteiger charge is -2.10. The lowest BCUT2D eigenvalue weighted by molar-refractivity contribution is 0.414. The highest BCUT2D eigenvalue weighted by atomic mass is 19.1. The minimum atomic E-state index is -1.52. The van der Waals surface area contributed by atoms with Gasteiger partial charge in [0, 0.05) is 5.56 Å². The Morgan fingerprint density at radius 1 is 1.11 bits per heavy atom. The summed E-state index contributed by atoms with van der Waals surface area (Å²) >= 11 is 0. The van der Waals surface area contributed by atoms with E-state index in [1.54, 1.807) is 37.3 Å². The van der Waals surface area contributed by atoms with E-state index in [0.717, 1.165) is 0 Å². The van der Waals surface area contributed by atoms with E-state index < -0.39 is 7.12 Å². The van der Waals surface area contributed by atoms with Gasteiger partial charge in [0.15, 0.2) is 0 Å². The average molecular weight is 260 g/mol. The van der Waals surface area contributed by atoms with Crippen molar-refractivity contribution in [2.24, 2.45) is 0 Å². The van der Waals surface area contributed by atoms with Gasteiger partial charge in [-0.05, 0) is 36.1 Å². The number of methoxy groups -OCH3 is 1. The molecule has 3 nitrogen and oxygen atoms in total. The van der Waals surface area contributed by atoms with Crippen molar-refractivity contribution in [1.82, 2.24) is 0 Å². The number of hydrogen-bond donors (Lipinski definition) is 2. The third kappa shape index (κ3) is 2.77. The third-order valence-electron chi connectivity index (χ3n) is 3.03. The zero-order valence-electron chi connectivity index (χ0n) is 10.7. The molecule has 0 fully saturated rings. The van der Waals surface area contributed by atoms with Gasteiger partial charge in [-0.3, -0.25) is 0 Å². The second kappa shape index (κ2) is 5.42. The molecule has 0 saturated carbocycles. The standard InChI is InChI=1S/C14H14BFO3/c1-9-7-10(3-5-13(9)15(17)18)12-8-11(19-2)4-6-14(12)16/h3-8,17-18H,1-2H3. The minimum absolute atomic E-state index is 0.350. The molecule has 2 aromatic rings. The van der Waals surface area contributed by atoms with Crippen molar-refractivity contribution in [3.8, 4) is 16.9 Å². The molecule has 0 radical (unpaired) electrons. The predicted molar refractivity (Wildman–Crippen MR) is 73.0 cm³/mol. The van der Waals surface area contributed by atoms with Gasteiger partial charge < -0.3 is 14.8 Å². The van der Waals surface area contributed by atoms with Crippen LogP contribution in [0.3, 0.4) is 0 Å². The van der Waals surface area contributed by atoms with Gasteiger partial charge in [0.05, 0.1) is 7.11 Å². The Labute approximate surface area is 111 Å². The zero-order chi connectivity index (χ0) is 14.0. The van der Waals surface area contributed by atoms with E-state index in [9.17, 15) is 4.39 Å². The molecule has 0 aromatic heterocycles. The molecule has 0 amide bonds. The Hall–Kier alpha value is -1.85. The van der Waals surface area contributed by atoms with Gasteiger partial charge in [-0.25, -0.2) is 4.39 Å². The molecule has 0 unspecified atom stereocenters. The van der Waals surface area contributed by atoms with Crippen molar-refractivity contribution in [1.29, 1.82) is 0 Å². The van der Waals surface area contributed by atoms with Crippen molar-refractivity contribution >= 4 is 12.6 Å². The van der Waals surface area contributed by atoms with Gasteiger partial charge in [0.2, 0.25) is 0 Å². The largest absolute Gasteiger partial charge is 0.497 e. The topological polar surface area (TPSA) is 49.7 Å². The first-order chi connectivity index (χ1) is 9.02. The highest BCUT2D eigenvalue weighted by Gasteiger charge is 2.15. The van der Waals surface area contributed by atoms with Gasteiger partial charge in [-0.1, -0.05) is 23.8 Å². The summed E-state index contributed by atoms with van der Waals surface area (Å²) in [6.45, 7) is 1.75. The summed E-state index contributed by atoms with van der Waals surface area (Å²) in [6, 6.07) is 9.45. The van der Waals surface area contributed by atoms with E-state index in [2.05, 4.69) is 0 Å². The minimum Gasteiger partial charge on any atom is -0.497 e. The molecule has 0 spiro atoms. The second-order valence-corrected chi connectivity index (χ2v) is 4.29. The van der Waals surface area contributed by atoms with Gasteiger partial charge in [0.1, 0.15) is 11.6 Å². The van der Waals surface area contributed by atoms with Crippen LogP contribution in [-0.4, -0.2) is 24.3 Å². The van der Waals surface area contributed by atoms with Crippen LogP contribution in [0.25, 0.3) is 11.1 Å². The van der Waals surface area contributed by atoms with Crippen LogP contribution in [0.15, 0.2) is 36.4 Å². The number of aryl methyl sites for hydroxylation is 1. The van der Waals surface area contributed by atoms with Gasteiger partial charge >= 0.3 is 7.12 Å². The number of halogens is 1. The molecule has 0 aliphatic rings. The van der Waals surface area contributed by atoms with Crippen LogP contribution >= 0.6 is 0 Å². The van der Waals surface area contributed by atoms with E-state index in [4.69, 9.17) is 14.8 Å². The molecule has 19 heavy (non-hydrogen) atoms. The van der Waals surface area contributed by atoms with Crippen molar-refractivity contribution in [3.63, 3.8) is 0 Å². The maximum Gasteiger partial charge on any atom is 0.488 e. The summed E-state index contributed by atoms with van der Waals surface area (Å²) in [6.07, 6.45) is 0. The third-order valence-corrected chi connectivity index (χ3v) is 3.03. The summed E-state index contributed by atoms with van der Waals surface area (Å²) < 4.78 is 18.9. The van der Waals surface area contributed by atoms with Crippen LogP contribution in [0.5, 0.6) is 5.75 Å². The lowest BCUT2D eigenvalue weighted by atomic mass is 9.76. The monoisotopic (exact) mass is 260 g/mol. The molecular formula is C14H14BFO3. The number of rotatable bonds is 3. The molecule has 0 saturated heterocycles. The Balaban J connectivity index is 2.50. The van der Waals surface area contributed by atoms with Crippen LogP contribution in [0.4, 0.5) is 4.39 Å². The van der Waals surface area contributed by atoms with E-state index >= 15 is 0 Å². The molecule has 2 rings (SSSR count). The van der Waals surface area contributed by atoms with Crippen LogP contribution in [0.1, 0.15) is 5.56 Å². The SMILES string of the molecule is COc1ccc(F)c(-c2ccc(B(O)O)c(C)c2)c1. The van der Waals surface area contributed by atoms with Crippen LogP contribution in [0, 0.1) is 12.7 Å². The summed E-state index contributed by atoms with van der Waals surface area (Å²) in [4.78, 5) is 0. The highest BCUT2D eigenvalue weighted by Crippen LogP contribution is 2.27. The molecule has 2 aromatic carbocycles. The Kier molecular flexibility index (Phi) is 3.88. The summed E-state index contributed by atoms with van der Waals surface area (Å²) in [7, 11) is -0.00257. The molecule has 0 aliphatic carbocycles. The molecule has 5 heteroatoms. The quantitative estimate of drug-likeness (QED) is 0.822. The number of benzene rings is 2. The molecule has 0 bridgehead atoms. The van der Waals surface area contributed by atoms with Gasteiger partial charge in [-0.15, -0.1) is 0 Å². The first-order valence-corrected chi connectivity index (χ1v) is 5.83. The molecule has 0 heterocycles. The summed E-state index contributed by atoms with van der Waals surface area (Å²) in [5.41, 5.74) is 2.18. The Morgan fingerprint density at radius 2 is 1.84 bits per heavy atom. The van der Waals surface area contributed by atoms with Crippen LogP contribution in [-0.2, 0) is 0 Å². The number of hydrogen-bond acceptors (Lipinski definition) is 3. The van der Waals surface area contributed by atoms with E-state index in [0.29, 0.717) is 27.9 Å². The normalized spacial score (nSPS) is 10.4. The highest BCUT2D eigenvalue weighted by molar-refractivity contribution is 6.59. The maximum absolute atomic E-state index is 13.8. The van der Waals surface area contributed by atoms with Crippen molar-refractivity contribution in [2.45, 2.75) is 6.92 Å². The summed E-state index contributed by atoms with van der Waals surface area (Å²) in [5, 5.41) is 18.3. The Bertz CT molecular complexity index is 599. The van der Waals surface area contributed by atoms with E-state index in [1.807, 2.05) is 0 Å². The van der Waals surface area contributed by atoms with Crippen LogP contribution < -0.4 is 10.2 Å². The first-order valence-electron chi connectivity index (χ1n) is 5.83. The fourth-order valence-electron chi connectivity index (χ4n) is 1.99. The summed E-state index contributed by atoms with van der Waals surface area (Å²) in [5.74, 6) is 0.220.